The number of anilines is 1. The first kappa shape index (κ1) is 15.4. The average molecular weight is 332 g/mol. The van der Waals surface area contributed by atoms with Crippen LogP contribution in [0.15, 0.2) is 16.7 Å². The van der Waals surface area contributed by atoms with Crippen LogP contribution in [-0.4, -0.2) is 34.1 Å². The van der Waals surface area contributed by atoms with Gasteiger partial charge in [0.05, 0.1) is 4.92 Å². The predicted octanol–water partition coefficient (Wildman–Crippen LogP) is 2.30. The summed E-state index contributed by atoms with van der Waals surface area (Å²) in [4.78, 5) is 26.7. The van der Waals surface area contributed by atoms with Crippen LogP contribution in [-0.2, 0) is 4.79 Å². The van der Waals surface area contributed by atoms with Crippen molar-refractivity contribution in [2.24, 2.45) is 5.92 Å². The Balaban J connectivity index is 3.20. The van der Waals surface area contributed by atoms with Gasteiger partial charge in [-0.1, -0.05) is 13.8 Å². The topological polar surface area (TPSA) is 96.6 Å². The number of nitro groups is 1. The van der Waals surface area contributed by atoms with E-state index in [1.54, 1.807) is 0 Å². The Bertz CT molecular complexity index is 493. The van der Waals surface area contributed by atoms with Crippen molar-refractivity contribution in [3.8, 4) is 0 Å². The molecular formula is C11H14BrN3O4. The van der Waals surface area contributed by atoms with Crippen molar-refractivity contribution >= 4 is 33.4 Å². The van der Waals surface area contributed by atoms with Gasteiger partial charge in [-0.25, -0.2) is 4.98 Å². The second kappa shape index (κ2) is 6.46. The molecule has 1 aromatic rings. The van der Waals surface area contributed by atoms with Crippen molar-refractivity contribution in [2.45, 2.75) is 13.8 Å². The largest absolute Gasteiger partial charge is 0.480 e. The maximum atomic E-state index is 11.0. The van der Waals surface area contributed by atoms with Crippen molar-refractivity contribution in [3.63, 3.8) is 0 Å². The maximum Gasteiger partial charge on any atom is 0.323 e. The van der Waals surface area contributed by atoms with Crippen LogP contribution in [0.2, 0.25) is 0 Å². The lowest BCUT2D eigenvalue weighted by Crippen LogP contribution is -2.34. The number of nitrogens with zero attached hydrogens (tertiary/aromatic N) is 3. The minimum atomic E-state index is -1.06. The minimum Gasteiger partial charge on any atom is -0.480 e. The highest BCUT2D eigenvalue weighted by molar-refractivity contribution is 9.10. The van der Waals surface area contributed by atoms with E-state index in [4.69, 9.17) is 5.11 Å². The lowest BCUT2D eigenvalue weighted by molar-refractivity contribution is -0.384. The van der Waals surface area contributed by atoms with Crippen LogP contribution in [0.4, 0.5) is 11.5 Å². The van der Waals surface area contributed by atoms with E-state index in [0.717, 1.165) is 0 Å². The van der Waals surface area contributed by atoms with Gasteiger partial charge < -0.3 is 10.0 Å². The Kier molecular flexibility index (Phi) is 5.22. The fourth-order valence-electron chi connectivity index (χ4n) is 1.63. The van der Waals surface area contributed by atoms with E-state index in [-0.39, 0.29) is 24.0 Å². The molecule has 8 heteroatoms. The second-order valence-electron chi connectivity index (χ2n) is 4.42. The Morgan fingerprint density at radius 2 is 2.26 bits per heavy atom. The molecule has 0 saturated heterocycles. The van der Waals surface area contributed by atoms with Gasteiger partial charge in [0.1, 0.15) is 6.54 Å². The first-order chi connectivity index (χ1) is 8.81. The summed E-state index contributed by atoms with van der Waals surface area (Å²) in [5.41, 5.74) is -0.212. The minimum absolute atomic E-state index is 0.0734. The maximum absolute atomic E-state index is 11.0. The molecule has 0 unspecified atom stereocenters. The number of carboxylic acid groups (broad SMARTS) is 1. The molecule has 0 spiro atoms. The van der Waals surface area contributed by atoms with Gasteiger partial charge in [0.25, 0.3) is 0 Å². The molecule has 1 heterocycles. The van der Waals surface area contributed by atoms with E-state index in [2.05, 4.69) is 20.9 Å². The third-order valence-corrected chi connectivity index (χ3v) is 2.66. The normalized spacial score (nSPS) is 10.5. The van der Waals surface area contributed by atoms with Crippen LogP contribution in [0.3, 0.4) is 0 Å². The van der Waals surface area contributed by atoms with Crippen molar-refractivity contribution < 1.29 is 14.8 Å². The van der Waals surface area contributed by atoms with Crippen molar-refractivity contribution in [2.75, 3.05) is 18.0 Å². The van der Waals surface area contributed by atoms with Crippen molar-refractivity contribution in [1.29, 1.82) is 0 Å². The summed E-state index contributed by atoms with van der Waals surface area (Å²) in [6, 6.07) is 1.32. The number of aliphatic carboxylic acids is 1. The van der Waals surface area contributed by atoms with Gasteiger partial charge in [0, 0.05) is 23.3 Å². The lowest BCUT2D eigenvalue weighted by Gasteiger charge is -2.23. The quantitative estimate of drug-likeness (QED) is 0.634. The number of pyridine rings is 1. The molecule has 0 bridgehead atoms. The molecule has 1 rings (SSSR count). The number of halogens is 1. The Morgan fingerprint density at radius 3 is 2.74 bits per heavy atom. The van der Waals surface area contributed by atoms with Gasteiger partial charge in [-0.05, 0) is 21.8 Å². The number of carboxylic acids is 1. The van der Waals surface area contributed by atoms with Crippen molar-refractivity contribution in [1.82, 2.24) is 4.98 Å². The summed E-state index contributed by atoms with van der Waals surface area (Å²) >= 11 is 3.11. The molecule has 0 amide bonds. The summed E-state index contributed by atoms with van der Waals surface area (Å²) in [7, 11) is 0. The van der Waals surface area contributed by atoms with Crippen LogP contribution >= 0.6 is 15.9 Å². The molecule has 0 radical (unpaired) electrons. The van der Waals surface area contributed by atoms with Crippen LogP contribution in [0.1, 0.15) is 13.8 Å². The molecular weight excluding hydrogens is 318 g/mol. The molecule has 0 atom stereocenters. The molecule has 0 saturated carbocycles. The number of aromatic nitrogens is 1. The standard InChI is InChI=1S/C11H14BrN3O4/c1-7(2)5-14(6-10(16)17)11-9(15(18)19)3-8(12)4-13-11/h3-4,7H,5-6H2,1-2H3,(H,16,17). The first-order valence-corrected chi connectivity index (χ1v) is 6.37. The van der Waals surface area contributed by atoms with E-state index in [1.165, 1.54) is 17.2 Å². The molecule has 1 N–H and O–H groups in total. The Morgan fingerprint density at radius 1 is 1.63 bits per heavy atom. The van der Waals surface area contributed by atoms with Crippen LogP contribution in [0, 0.1) is 16.0 Å². The highest BCUT2D eigenvalue weighted by Gasteiger charge is 2.23. The Labute approximate surface area is 118 Å². The molecule has 0 fully saturated rings. The summed E-state index contributed by atoms with van der Waals surface area (Å²) in [5, 5.41) is 19.9. The molecule has 0 aliphatic carbocycles. The second-order valence-corrected chi connectivity index (χ2v) is 5.34. The molecule has 19 heavy (non-hydrogen) atoms. The predicted molar refractivity (Wildman–Crippen MR) is 73.3 cm³/mol. The zero-order valence-electron chi connectivity index (χ0n) is 10.5. The summed E-state index contributed by atoms with van der Waals surface area (Å²) < 4.78 is 0.475. The molecule has 0 aliphatic heterocycles. The number of hydrogen-bond acceptors (Lipinski definition) is 5. The number of hydrogen-bond donors (Lipinski definition) is 1. The van der Waals surface area contributed by atoms with Crippen LogP contribution in [0.25, 0.3) is 0 Å². The number of rotatable bonds is 6. The molecule has 0 aromatic carbocycles. The average Bonchev–Trinajstić information content (AvgIpc) is 2.26. The zero-order valence-corrected chi connectivity index (χ0v) is 12.1. The molecule has 0 aliphatic rings. The Hall–Kier alpha value is -1.70. The number of carbonyl (C=O) groups is 1. The van der Waals surface area contributed by atoms with Gasteiger partial charge in [-0.15, -0.1) is 0 Å². The highest BCUT2D eigenvalue weighted by atomic mass is 79.9. The molecule has 7 nitrogen and oxygen atoms in total. The van der Waals surface area contributed by atoms with Crippen molar-refractivity contribution in [3.05, 3.63) is 26.9 Å². The SMILES string of the molecule is CC(C)CN(CC(=O)O)c1ncc(Br)cc1[N+](=O)[O-]. The fourth-order valence-corrected chi connectivity index (χ4v) is 1.95. The van der Waals surface area contributed by atoms with Crippen LogP contribution < -0.4 is 4.90 Å². The molecule has 104 valence electrons. The van der Waals surface area contributed by atoms with E-state index in [0.29, 0.717) is 11.0 Å². The van der Waals surface area contributed by atoms with E-state index in [9.17, 15) is 14.9 Å². The van der Waals surface area contributed by atoms with E-state index >= 15 is 0 Å². The van der Waals surface area contributed by atoms with Crippen LogP contribution in [0.5, 0.6) is 0 Å². The van der Waals surface area contributed by atoms with Gasteiger partial charge >= 0.3 is 11.7 Å². The van der Waals surface area contributed by atoms with Gasteiger partial charge in [0.2, 0.25) is 5.82 Å². The molecule has 1 aromatic heterocycles. The summed E-state index contributed by atoms with van der Waals surface area (Å²) in [6.07, 6.45) is 1.41. The van der Waals surface area contributed by atoms with Gasteiger partial charge in [-0.3, -0.25) is 14.9 Å². The van der Waals surface area contributed by atoms with E-state index < -0.39 is 10.9 Å². The third-order valence-electron chi connectivity index (χ3n) is 2.22. The lowest BCUT2D eigenvalue weighted by atomic mass is 10.2. The summed E-state index contributed by atoms with van der Waals surface area (Å²) in [5.74, 6) is -0.826. The summed E-state index contributed by atoms with van der Waals surface area (Å²) in [6.45, 7) is 3.86. The zero-order chi connectivity index (χ0) is 14.6. The van der Waals surface area contributed by atoms with Gasteiger partial charge in [-0.2, -0.15) is 0 Å². The monoisotopic (exact) mass is 331 g/mol. The first-order valence-electron chi connectivity index (χ1n) is 5.58. The van der Waals surface area contributed by atoms with Gasteiger partial charge in [0.15, 0.2) is 0 Å². The third kappa shape index (κ3) is 4.47. The smallest absolute Gasteiger partial charge is 0.323 e. The van der Waals surface area contributed by atoms with E-state index in [1.807, 2.05) is 13.8 Å². The highest BCUT2D eigenvalue weighted by Crippen LogP contribution is 2.28. The fraction of sp³-hybridized carbons (Fsp3) is 0.455.